The van der Waals surface area contributed by atoms with Gasteiger partial charge >= 0.3 is 6.03 Å². The minimum Gasteiger partial charge on any atom is -0.497 e. The number of aliphatic hydroxyl groups is 1. The van der Waals surface area contributed by atoms with Gasteiger partial charge in [-0.3, -0.25) is 9.88 Å². The second-order valence-electron chi connectivity index (χ2n) is 10.5. The molecule has 36 heavy (non-hydrogen) atoms. The second-order valence-corrected chi connectivity index (χ2v) is 10.5. The molecule has 0 saturated carbocycles. The van der Waals surface area contributed by atoms with E-state index in [-0.39, 0.29) is 30.1 Å². The summed E-state index contributed by atoms with van der Waals surface area (Å²) in [5.41, 5.74) is 4.67. The van der Waals surface area contributed by atoms with Crippen LogP contribution in [0, 0.1) is 0 Å². The van der Waals surface area contributed by atoms with Crippen LogP contribution < -0.4 is 10.1 Å². The zero-order valence-electron chi connectivity index (χ0n) is 21.7. The number of ether oxygens (including phenoxy) is 1. The average Bonchev–Trinajstić information content (AvgIpc) is 3.17. The van der Waals surface area contributed by atoms with E-state index in [1.165, 1.54) is 22.2 Å². The zero-order chi connectivity index (χ0) is 25.4. The van der Waals surface area contributed by atoms with Gasteiger partial charge in [0.05, 0.1) is 25.3 Å². The van der Waals surface area contributed by atoms with Gasteiger partial charge in [-0.1, -0.05) is 0 Å². The SMILES string of the molecule is COc1ccc2c3c(n(C)c2c1)[C@@H](CO)N(Cc1ccncc1)CC31CCN(C(=O)NC(C)C)CC1. The Bertz CT molecular complexity index is 1230. The van der Waals surface area contributed by atoms with Crippen molar-refractivity contribution < 1.29 is 14.6 Å². The van der Waals surface area contributed by atoms with Gasteiger partial charge in [-0.25, -0.2) is 4.79 Å². The Balaban J connectivity index is 1.59. The average molecular weight is 492 g/mol. The second kappa shape index (κ2) is 9.75. The third-order valence-corrected chi connectivity index (χ3v) is 7.97. The van der Waals surface area contributed by atoms with E-state index < -0.39 is 0 Å². The van der Waals surface area contributed by atoms with Gasteiger partial charge in [0, 0.05) is 74.2 Å². The lowest BCUT2D eigenvalue weighted by molar-refractivity contribution is 0.0466. The smallest absolute Gasteiger partial charge is 0.317 e. The van der Waals surface area contributed by atoms with Gasteiger partial charge in [-0.15, -0.1) is 0 Å². The zero-order valence-corrected chi connectivity index (χ0v) is 21.7. The monoisotopic (exact) mass is 491 g/mol. The van der Waals surface area contributed by atoms with Crippen LogP contribution in [0.4, 0.5) is 4.79 Å². The summed E-state index contributed by atoms with van der Waals surface area (Å²) < 4.78 is 7.78. The maximum atomic E-state index is 12.8. The maximum absolute atomic E-state index is 12.8. The minimum atomic E-state index is -0.121. The van der Waals surface area contributed by atoms with Gasteiger partial charge in [0.25, 0.3) is 0 Å². The van der Waals surface area contributed by atoms with E-state index in [1.807, 2.05) is 49.3 Å². The van der Waals surface area contributed by atoms with E-state index in [2.05, 4.69) is 38.9 Å². The number of carbonyl (C=O) groups is 1. The highest BCUT2D eigenvalue weighted by Crippen LogP contribution is 2.50. The van der Waals surface area contributed by atoms with Crippen molar-refractivity contribution in [1.82, 2.24) is 24.7 Å². The van der Waals surface area contributed by atoms with Crippen molar-refractivity contribution in [2.75, 3.05) is 33.4 Å². The third kappa shape index (κ3) is 4.22. The summed E-state index contributed by atoms with van der Waals surface area (Å²) in [7, 11) is 3.79. The molecule has 1 aromatic carbocycles. The number of aliphatic hydroxyl groups excluding tert-OH is 1. The highest BCUT2D eigenvalue weighted by Gasteiger charge is 2.48. The molecule has 5 rings (SSSR count). The number of nitrogens with one attached hydrogen (secondary N) is 1. The summed E-state index contributed by atoms with van der Waals surface area (Å²) in [5, 5.41) is 14.9. The summed E-state index contributed by atoms with van der Waals surface area (Å²) in [5.74, 6) is 0.823. The van der Waals surface area contributed by atoms with Gasteiger partial charge in [-0.05, 0) is 62.1 Å². The number of rotatable bonds is 5. The van der Waals surface area contributed by atoms with E-state index in [0.717, 1.165) is 37.2 Å². The molecule has 2 aliphatic heterocycles. The Hall–Kier alpha value is -3.10. The topological polar surface area (TPSA) is 82.9 Å². The van der Waals surface area contributed by atoms with Crippen LogP contribution in [-0.2, 0) is 19.0 Å². The number of aromatic nitrogens is 2. The van der Waals surface area contributed by atoms with Crippen molar-refractivity contribution in [2.45, 2.75) is 50.7 Å². The molecule has 3 aromatic rings. The molecular formula is C28H37N5O3. The number of amides is 2. The number of urea groups is 1. The maximum Gasteiger partial charge on any atom is 0.317 e. The molecule has 0 radical (unpaired) electrons. The lowest BCUT2D eigenvalue weighted by Gasteiger charge is -2.50. The van der Waals surface area contributed by atoms with Crippen molar-refractivity contribution in [1.29, 1.82) is 0 Å². The molecule has 8 nitrogen and oxygen atoms in total. The number of pyridine rings is 1. The van der Waals surface area contributed by atoms with Gasteiger partial charge in [-0.2, -0.15) is 0 Å². The van der Waals surface area contributed by atoms with Crippen molar-refractivity contribution in [3.63, 3.8) is 0 Å². The third-order valence-electron chi connectivity index (χ3n) is 7.97. The van der Waals surface area contributed by atoms with Gasteiger partial charge < -0.3 is 24.6 Å². The molecule has 0 aliphatic carbocycles. The number of nitrogens with zero attached hydrogens (tertiary/aromatic N) is 4. The Labute approximate surface area is 212 Å². The number of piperidine rings is 1. The number of benzene rings is 1. The highest BCUT2D eigenvalue weighted by molar-refractivity contribution is 5.88. The van der Waals surface area contributed by atoms with Crippen molar-refractivity contribution in [3.05, 3.63) is 59.5 Å². The first-order valence-electron chi connectivity index (χ1n) is 12.8. The Morgan fingerprint density at radius 1 is 1.22 bits per heavy atom. The predicted molar refractivity (Wildman–Crippen MR) is 140 cm³/mol. The fourth-order valence-electron chi connectivity index (χ4n) is 6.24. The van der Waals surface area contributed by atoms with Crippen LogP contribution in [0.1, 0.15) is 49.6 Å². The molecule has 0 unspecified atom stereocenters. The Kier molecular flexibility index (Phi) is 6.66. The molecule has 1 spiro atoms. The summed E-state index contributed by atoms with van der Waals surface area (Å²) in [4.78, 5) is 21.3. The summed E-state index contributed by atoms with van der Waals surface area (Å²) in [6.45, 7) is 7.00. The van der Waals surface area contributed by atoms with Gasteiger partial charge in [0.15, 0.2) is 0 Å². The normalized spacial score (nSPS) is 19.6. The molecule has 1 fully saturated rings. The van der Waals surface area contributed by atoms with Crippen LogP contribution in [0.15, 0.2) is 42.7 Å². The van der Waals surface area contributed by atoms with Gasteiger partial charge in [0.1, 0.15) is 5.75 Å². The van der Waals surface area contributed by atoms with Crippen LogP contribution in [0.5, 0.6) is 5.75 Å². The fourth-order valence-corrected chi connectivity index (χ4v) is 6.24. The first-order valence-corrected chi connectivity index (χ1v) is 12.8. The Morgan fingerprint density at radius 3 is 2.58 bits per heavy atom. The number of hydrogen-bond donors (Lipinski definition) is 2. The molecule has 2 aliphatic rings. The lowest BCUT2D eigenvalue weighted by Crippen LogP contribution is -2.56. The number of aryl methyl sites for hydroxylation is 1. The van der Waals surface area contributed by atoms with E-state index in [0.29, 0.717) is 13.1 Å². The first-order chi connectivity index (χ1) is 17.4. The molecule has 4 heterocycles. The summed E-state index contributed by atoms with van der Waals surface area (Å²) >= 11 is 0. The molecule has 0 bridgehead atoms. The molecule has 2 aromatic heterocycles. The number of carbonyl (C=O) groups excluding carboxylic acids is 1. The standard InChI is InChI=1S/C28H37N5O3/c1-19(2)30-27(35)32-13-9-28(10-14-32)18-33(16-20-7-11-29-12-8-20)24(17-34)26-25(28)22-6-5-21(36-4)15-23(22)31(26)3/h5-8,11-12,15,19,24,34H,9-10,13-14,16-18H2,1-4H3,(H,30,35)/t24-/m1/s1. The molecule has 8 heteroatoms. The number of likely N-dealkylation sites (tertiary alicyclic amines) is 1. The summed E-state index contributed by atoms with van der Waals surface area (Å²) in [6.07, 6.45) is 5.40. The molecule has 1 saturated heterocycles. The van der Waals surface area contributed by atoms with E-state index >= 15 is 0 Å². The number of methoxy groups -OCH3 is 1. The van der Waals surface area contributed by atoms with Crippen LogP contribution in [0.3, 0.4) is 0 Å². The molecule has 2 amide bonds. The summed E-state index contributed by atoms with van der Waals surface area (Å²) in [6, 6.07) is 10.4. The minimum absolute atomic E-state index is 0.0143. The highest BCUT2D eigenvalue weighted by atomic mass is 16.5. The van der Waals surface area contributed by atoms with Crippen molar-refractivity contribution in [3.8, 4) is 5.75 Å². The van der Waals surface area contributed by atoms with Crippen LogP contribution in [0.2, 0.25) is 0 Å². The van der Waals surface area contributed by atoms with Crippen molar-refractivity contribution in [2.24, 2.45) is 7.05 Å². The van der Waals surface area contributed by atoms with Crippen LogP contribution in [-0.4, -0.2) is 69.9 Å². The Morgan fingerprint density at radius 2 is 1.94 bits per heavy atom. The lowest BCUT2D eigenvalue weighted by atomic mass is 9.68. The van der Waals surface area contributed by atoms with E-state index in [4.69, 9.17) is 4.74 Å². The van der Waals surface area contributed by atoms with Crippen molar-refractivity contribution >= 4 is 16.9 Å². The van der Waals surface area contributed by atoms with E-state index in [9.17, 15) is 9.90 Å². The quantitative estimate of drug-likeness (QED) is 0.570. The number of hydrogen-bond acceptors (Lipinski definition) is 5. The molecule has 2 N–H and O–H groups in total. The van der Waals surface area contributed by atoms with Gasteiger partial charge in [0.2, 0.25) is 0 Å². The predicted octanol–water partition coefficient (Wildman–Crippen LogP) is 3.58. The first kappa shape index (κ1) is 24.6. The molecule has 192 valence electrons. The molecule has 1 atom stereocenters. The number of fused-ring (bicyclic) bond motifs is 4. The largest absolute Gasteiger partial charge is 0.497 e. The van der Waals surface area contributed by atoms with E-state index in [1.54, 1.807) is 7.11 Å². The molecular weight excluding hydrogens is 454 g/mol. The fraction of sp³-hybridized carbons (Fsp3) is 0.500. The van der Waals surface area contributed by atoms with Crippen LogP contribution >= 0.6 is 0 Å². The van der Waals surface area contributed by atoms with Crippen LogP contribution in [0.25, 0.3) is 10.9 Å².